The smallest absolute Gasteiger partial charge is 0.242 e. The number of hydrogen-bond donors (Lipinski definition) is 0. The molecule has 2 aromatic rings. The van der Waals surface area contributed by atoms with Crippen LogP contribution in [0.5, 0.6) is 5.75 Å². The number of fused-ring (bicyclic) bond motifs is 1. The fraction of sp³-hybridized carbons (Fsp3) is 0.368. The monoisotopic (exact) mass is 361 g/mol. The van der Waals surface area contributed by atoms with Gasteiger partial charge in [0.15, 0.2) is 0 Å². The van der Waals surface area contributed by atoms with Crippen molar-refractivity contribution >= 4 is 10.0 Å². The molecule has 3 rings (SSSR count). The number of nitrogens with zero attached hydrogens (tertiary/aromatic N) is 1. The molecule has 0 aliphatic carbocycles. The number of methoxy groups -OCH3 is 1. The summed E-state index contributed by atoms with van der Waals surface area (Å²) in [5.41, 5.74) is 3.19. The van der Waals surface area contributed by atoms with Crippen LogP contribution in [0.25, 0.3) is 0 Å². The molecule has 0 saturated heterocycles. The van der Waals surface area contributed by atoms with Gasteiger partial charge in [-0.25, -0.2) is 8.42 Å². The standard InChI is InChI=1S/C19H23NO4S/c1-14-10-18(8-9-19(14)23-3)25(21,22)20(2)12-17-11-15-6-4-5-7-16(15)13-24-17/h4-10,17H,11-13H2,1-3H3. The van der Waals surface area contributed by atoms with Crippen molar-refractivity contribution in [2.75, 3.05) is 20.7 Å². The fourth-order valence-corrected chi connectivity index (χ4v) is 4.39. The number of hydrogen-bond acceptors (Lipinski definition) is 4. The van der Waals surface area contributed by atoms with Gasteiger partial charge in [-0.3, -0.25) is 0 Å². The summed E-state index contributed by atoms with van der Waals surface area (Å²) in [5.74, 6) is 0.675. The Morgan fingerprint density at radius 1 is 1.20 bits per heavy atom. The molecule has 6 heteroatoms. The largest absolute Gasteiger partial charge is 0.496 e. The summed E-state index contributed by atoms with van der Waals surface area (Å²) in [7, 11) is -0.399. The van der Waals surface area contributed by atoms with Crippen LogP contribution in [0.1, 0.15) is 16.7 Å². The Morgan fingerprint density at radius 3 is 2.60 bits per heavy atom. The normalized spacial score (nSPS) is 17.4. The Labute approximate surface area is 149 Å². The van der Waals surface area contributed by atoms with E-state index in [1.54, 1.807) is 32.4 Å². The van der Waals surface area contributed by atoms with E-state index in [1.807, 2.05) is 25.1 Å². The summed E-state index contributed by atoms with van der Waals surface area (Å²) < 4.78 is 38.1. The number of likely N-dealkylation sites (N-methyl/N-ethyl adjacent to an activating group) is 1. The van der Waals surface area contributed by atoms with E-state index in [1.165, 1.54) is 15.4 Å². The molecule has 2 aromatic carbocycles. The van der Waals surface area contributed by atoms with Gasteiger partial charge in [-0.2, -0.15) is 4.31 Å². The number of aryl methyl sites for hydroxylation is 1. The quantitative estimate of drug-likeness (QED) is 0.822. The van der Waals surface area contributed by atoms with E-state index in [4.69, 9.17) is 9.47 Å². The number of sulfonamides is 1. The molecule has 1 atom stereocenters. The van der Waals surface area contributed by atoms with Gasteiger partial charge in [-0.05, 0) is 41.8 Å². The molecule has 1 unspecified atom stereocenters. The van der Waals surface area contributed by atoms with E-state index in [-0.39, 0.29) is 11.0 Å². The average molecular weight is 361 g/mol. The SMILES string of the molecule is COc1ccc(S(=O)(=O)N(C)CC2Cc3ccccc3CO2)cc1C. The Kier molecular flexibility index (Phi) is 5.13. The molecule has 134 valence electrons. The molecule has 0 amide bonds. The fourth-order valence-electron chi connectivity index (χ4n) is 3.10. The topological polar surface area (TPSA) is 55.8 Å². The van der Waals surface area contributed by atoms with E-state index in [0.29, 0.717) is 18.9 Å². The minimum absolute atomic E-state index is 0.144. The third-order valence-electron chi connectivity index (χ3n) is 4.58. The van der Waals surface area contributed by atoms with Gasteiger partial charge in [0.1, 0.15) is 5.75 Å². The maximum Gasteiger partial charge on any atom is 0.242 e. The predicted octanol–water partition coefficient (Wildman–Crippen LogP) is 2.77. The van der Waals surface area contributed by atoms with E-state index in [9.17, 15) is 8.42 Å². The van der Waals surface area contributed by atoms with Crippen LogP contribution in [0.4, 0.5) is 0 Å². The molecule has 0 fully saturated rings. The first-order valence-corrected chi connectivity index (χ1v) is 9.65. The zero-order chi connectivity index (χ0) is 18.0. The van der Waals surface area contributed by atoms with E-state index >= 15 is 0 Å². The summed E-state index contributed by atoms with van der Waals surface area (Å²) >= 11 is 0. The molecule has 0 radical (unpaired) electrons. The maximum absolute atomic E-state index is 12.8. The van der Waals surface area contributed by atoms with Crippen molar-refractivity contribution in [1.82, 2.24) is 4.31 Å². The van der Waals surface area contributed by atoms with Gasteiger partial charge >= 0.3 is 0 Å². The minimum atomic E-state index is -3.57. The Balaban J connectivity index is 1.74. The van der Waals surface area contributed by atoms with Crippen LogP contribution in [-0.4, -0.2) is 39.5 Å². The molecule has 5 nitrogen and oxygen atoms in total. The lowest BCUT2D eigenvalue weighted by atomic mass is 9.99. The van der Waals surface area contributed by atoms with Gasteiger partial charge in [0.05, 0.1) is 24.7 Å². The lowest BCUT2D eigenvalue weighted by molar-refractivity contribution is 0.0202. The molecule has 0 spiro atoms. The second-order valence-corrected chi connectivity index (χ2v) is 8.37. The molecule has 0 bridgehead atoms. The van der Waals surface area contributed by atoms with Crippen LogP contribution < -0.4 is 4.74 Å². The van der Waals surface area contributed by atoms with Crippen LogP contribution in [0.2, 0.25) is 0 Å². The van der Waals surface area contributed by atoms with Crippen molar-refractivity contribution in [3.63, 3.8) is 0 Å². The molecule has 0 N–H and O–H groups in total. The molecular formula is C19H23NO4S. The molecule has 1 aliphatic heterocycles. The summed E-state index contributed by atoms with van der Waals surface area (Å²) in [5, 5.41) is 0. The van der Waals surface area contributed by atoms with Crippen molar-refractivity contribution in [2.45, 2.75) is 31.0 Å². The molecule has 1 heterocycles. The summed E-state index contributed by atoms with van der Waals surface area (Å²) in [6, 6.07) is 13.0. The van der Waals surface area contributed by atoms with Crippen molar-refractivity contribution in [3.05, 3.63) is 59.2 Å². The van der Waals surface area contributed by atoms with Crippen LogP contribution in [0, 0.1) is 6.92 Å². The number of rotatable bonds is 5. The summed E-state index contributed by atoms with van der Waals surface area (Å²) in [6.07, 6.45) is 0.575. The van der Waals surface area contributed by atoms with E-state index in [2.05, 4.69) is 6.07 Å². The third-order valence-corrected chi connectivity index (χ3v) is 6.40. The lowest BCUT2D eigenvalue weighted by Crippen LogP contribution is -2.38. The highest BCUT2D eigenvalue weighted by molar-refractivity contribution is 7.89. The van der Waals surface area contributed by atoms with Crippen molar-refractivity contribution in [3.8, 4) is 5.75 Å². The predicted molar refractivity (Wildman–Crippen MR) is 96.3 cm³/mol. The summed E-state index contributed by atoms with van der Waals surface area (Å²) in [4.78, 5) is 0.268. The minimum Gasteiger partial charge on any atom is -0.496 e. The highest BCUT2D eigenvalue weighted by Crippen LogP contribution is 2.25. The van der Waals surface area contributed by atoms with Gasteiger partial charge < -0.3 is 9.47 Å². The van der Waals surface area contributed by atoms with Crippen molar-refractivity contribution < 1.29 is 17.9 Å². The second-order valence-electron chi connectivity index (χ2n) is 6.32. The van der Waals surface area contributed by atoms with Crippen LogP contribution >= 0.6 is 0 Å². The Morgan fingerprint density at radius 2 is 1.92 bits per heavy atom. The lowest BCUT2D eigenvalue weighted by Gasteiger charge is -2.28. The first kappa shape index (κ1) is 17.9. The molecule has 25 heavy (non-hydrogen) atoms. The van der Waals surface area contributed by atoms with Crippen LogP contribution in [0.15, 0.2) is 47.4 Å². The van der Waals surface area contributed by atoms with Gasteiger partial charge in [0, 0.05) is 20.0 Å². The number of benzene rings is 2. The Hall–Kier alpha value is -1.89. The molecular weight excluding hydrogens is 338 g/mol. The maximum atomic E-state index is 12.8. The Bertz CT molecular complexity index is 863. The van der Waals surface area contributed by atoms with Gasteiger partial charge in [0.2, 0.25) is 10.0 Å². The average Bonchev–Trinajstić information content (AvgIpc) is 2.61. The second kappa shape index (κ2) is 7.15. The molecule has 0 aromatic heterocycles. The third kappa shape index (κ3) is 3.71. The zero-order valence-corrected chi connectivity index (χ0v) is 15.5. The van der Waals surface area contributed by atoms with Crippen molar-refractivity contribution in [1.29, 1.82) is 0 Å². The highest BCUT2D eigenvalue weighted by atomic mass is 32.2. The van der Waals surface area contributed by atoms with E-state index in [0.717, 1.165) is 12.0 Å². The summed E-state index contributed by atoms with van der Waals surface area (Å²) in [6.45, 7) is 2.68. The van der Waals surface area contributed by atoms with Crippen molar-refractivity contribution in [2.24, 2.45) is 0 Å². The first-order chi connectivity index (χ1) is 11.9. The number of ether oxygens (including phenoxy) is 2. The van der Waals surface area contributed by atoms with Gasteiger partial charge in [-0.15, -0.1) is 0 Å². The van der Waals surface area contributed by atoms with Crippen LogP contribution in [-0.2, 0) is 27.8 Å². The van der Waals surface area contributed by atoms with E-state index < -0.39 is 10.0 Å². The van der Waals surface area contributed by atoms with Crippen LogP contribution in [0.3, 0.4) is 0 Å². The molecule has 1 aliphatic rings. The van der Waals surface area contributed by atoms with Gasteiger partial charge in [-0.1, -0.05) is 24.3 Å². The van der Waals surface area contributed by atoms with Gasteiger partial charge in [0.25, 0.3) is 0 Å². The molecule has 0 saturated carbocycles. The zero-order valence-electron chi connectivity index (χ0n) is 14.7. The highest BCUT2D eigenvalue weighted by Gasteiger charge is 2.27. The first-order valence-electron chi connectivity index (χ1n) is 8.21.